The molecule has 2 bridgehead atoms. The first-order valence-corrected chi connectivity index (χ1v) is 11.8. The van der Waals surface area contributed by atoms with Crippen molar-refractivity contribution in [1.29, 1.82) is 0 Å². The normalized spacial score (nSPS) is 20.3. The third-order valence-electron chi connectivity index (χ3n) is 6.24. The maximum atomic E-state index is 12.7. The van der Waals surface area contributed by atoms with Gasteiger partial charge in [-0.2, -0.15) is 4.31 Å². The summed E-state index contributed by atoms with van der Waals surface area (Å²) in [4.78, 5) is 0. The molecule has 168 valence electrons. The van der Waals surface area contributed by atoms with Crippen molar-refractivity contribution in [2.45, 2.75) is 24.8 Å². The van der Waals surface area contributed by atoms with Crippen molar-refractivity contribution >= 4 is 10.0 Å². The second-order valence-electron chi connectivity index (χ2n) is 7.81. The largest absolute Gasteiger partial charge is 0.504 e. The molecule has 2 aromatic rings. The minimum Gasteiger partial charge on any atom is -0.504 e. The first kappa shape index (κ1) is 21.6. The fourth-order valence-corrected chi connectivity index (χ4v) is 6.04. The third-order valence-corrected chi connectivity index (χ3v) is 7.50. The number of aryl methyl sites for hydroxylation is 1. The van der Waals surface area contributed by atoms with Gasteiger partial charge in [0.2, 0.25) is 15.8 Å². The molecule has 8 nitrogen and oxygen atoms in total. The molecule has 0 amide bonds. The topological polar surface area (TPSA) is 94.5 Å². The van der Waals surface area contributed by atoms with Crippen LogP contribution >= 0.6 is 0 Å². The van der Waals surface area contributed by atoms with E-state index in [0.717, 1.165) is 22.3 Å². The second-order valence-corrected chi connectivity index (χ2v) is 9.75. The van der Waals surface area contributed by atoms with Crippen LogP contribution in [-0.2, 0) is 16.4 Å². The molecule has 2 aliphatic rings. The summed E-state index contributed by atoms with van der Waals surface area (Å²) in [6.45, 7) is 0.253. The monoisotopic (exact) mass is 449 g/mol. The Kier molecular flexibility index (Phi) is 5.43. The van der Waals surface area contributed by atoms with E-state index in [1.807, 2.05) is 6.07 Å². The molecule has 0 saturated carbocycles. The second kappa shape index (κ2) is 7.80. The average molecular weight is 450 g/mol. The van der Waals surface area contributed by atoms with Crippen molar-refractivity contribution in [1.82, 2.24) is 4.31 Å². The van der Waals surface area contributed by atoms with Gasteiger partial charge in [0.15, 0.2) is 23.0 Å². The molecule has 1 N–H and O–H groups in total. The van der Waals surface area contributed by atoms with E-state index in [2.05, 4.69) is 0 Å². The first-order valence-electron chi connectivity index (χ1n) is 9.94. The molecule has 0 spiro atoms. The highest BCUT2D eigenvalue weighted by Crippen LogP contribution is 2.54. The zero-order valence-corrected chi connectivity index (χ0v) is 19.1. The summed E-state index contributed by atoms with van der Waals surface area (Å²) in [7, 11) is 2.69. The molecule has 0 saturated heterocycles. The lowest BCUT2D eigenvalue weighted by Crippen LogP contribution is -2.43. The van der Waals surface area contributed by atoms with E-state index >= 15 is 0 Å². The van der Waals surface area contributed by atoms with Gasteiger partial charge in [0, 0.05) is 18.0 Å². The molecule has 0 aromatic heterocycles. The van der Waals surface area contributed by atoms with Crippen molar-refractivity contribution < 1.29 is 32.5 Å². The molecule has 0 unspecified atom stereocenters. The number of methoxy groups -OCH3 is 4. The zero-order valence-electron chi connectivity index (χ0n) is 18.3. The van der Waals surface area contributed by atoms with Crippen LogP contribution in [0.2, 0.25) is 0 Å². The Hall–Kier alpha value is -2.65. The summed E-state index contributed by atoms with van der Waals surface area (Å²) in [5.41, 5.74) is 3.57. The molecule has 1 heterocycles. The van der Waals surface area contributed by atoms with Gasteiger partial charge in [-0.15, -0.1) is 0 Å². The molecule has 4 rings (SSSR count). The highest BCUT2D eigenvalue weighted by molar-refractivity contribution is 7.88. The van der Waals surface area contributed by atoms with Crippen molar-refractivity contribution in [2.24, 2.45) is 0 Å². The number of rotatable bonds is 5. The van der Waals surface area contributed by atoms with Gasteiger partial charge in [-0.3, -0.25) is 0 Å². The maximum absolute atomic E-state index is 12.7. The molecule has 9 heteroatoms. The van der Waals surface area contributed by atoms with Crippen LogP contribution in [0.3, 0.4) is 0 Å². The van der Waals surface area contributed by atoms with Gasteiger partial charge in [-0.1, -0.05) is 0 Å². The molecule has 2 aromatic carbocycles. The number of hydrogen-bond donors (Lipinski definition) is 1. The van der Waals surface area contributed by atoms with Gasteiger partial charge >= 0.3 is 0 Å². The Morgan fingerprint density at radius 1 is 0.935 bits per heavy atom. The smallest absolute Gasteiger partial charge is 0.211 e. The predicted octanol–water partition coefficient (Wildman–Crippen LogP) is 2.82. The number of ether oxygens (including phenoxy) is 4. The molecule has 0 fully saturated rings. The van der Waals surface area contributed by atoms with Crippen LogP contribution in [0, 0.1) is 0 Å². The van der Waals surface area contributed by atoms with E-state index in [4.69, 9.17) is 18.9 Å². The molecule has 0 radical (unpaired) electrons. The van der Waals surface area contributed by atoms with Crippen molar-refractivity contribution in [3.05, 3.63) is 40.5 Å². The number of phenols is 1. The van der Waals surface area contributed by atoms with E-state index in [1.165, 1.54) is 17.7 Å². The Morgan fingerprint density at radius 2 is 1.61 bits per heavy atom. The van der Waals surface area contributed by atoms with Crippen LogP contribution in [0.4, 0.5) is 0 Å². The van der Waals surface area contributed by atoms with Gasteiger partial charge in [0.1, 0.15) is 0 Å². The molecule has 2 atom stereocenters. The Morgan fingerprint density at radius 3 is 2.19 bits per heavy atom. The standard InChI is InChI=1S/C22H27NO7S/c1-27-18-10-13-14(9-17(18)24)16-7-6-12-8-19(28-2)21(29-3)22(30-4)20(12)15(13)11-23(16)31(5,25)26/h8-10,15-16,24H,6-7,11H2,1-5H3/t15-,16-/m0/s1. The van der Waals surface area contributed by atoms with Crippen LogP contribution in [0.15, 0.2) is 18.2 Å². The Labute approximate surface area is 182 Å². The van der Waals surface area contributed by atoms with Crippen molar-refractivity contribution in [3.8, 4) is 28.7 Å². The molecular weight excluding hydrogens is 422 g/mol. The minimum absolute atomic E-state index is 0.0135. The van der Waals surface area contributed by atoms with Gasteiger partial charge in [0.25, 0.3) is 0 Å². The fourth-order valence-electron chi connectivity index (χ4n) is 4.94. The van der Waals surface area contributed by atoms with E-state index in [1.54, 1.807) is 33.5 Å². The number of benzene rings is 2. The Bertz CT molecular complexity index is 1130. The highest BCUT2D eigenvalue weighted by Gasteiger charge is 2.43. The molecule has 1 aliphatic carbocycles. The number of fused-ring (bicyclic) bond motifs is 2. The van der Waals surface area contributed by atoms with Gasteiger partial charge < -0.3 is 24.1 Å². The van der Waals surface area contributed by atoms with Crippen LogP contribution in [0.5, 0.6) is 28.7 Å². The van der Waals surface area contributed by atoms with Gasteiger partial charge in [-0.05, 0) is 47.7 Å². The van der Waals surface area contributed by atoms with E-state index in [9.17, 15) is 13.5 Å². The predicted molar refractivity (Wildman–Crippen MR) is 115 cm³/mol. The highest BCUT2D eigenvalue weighted by atomic mass is 32.2. The first-order chi connectivity index (χ1) is 14.7. The summed E-state index contributed by atoms with van der Waals surface area (Å²) in [5, 5.41) is 10.4. The van der Waals surface area contributed by atoms with E-state index in [-0.39, 0.29) is 24.3 Å². The minimum atomic E-state index is -3.49. The maximum Gasteiger partial charge on any atom is 0.211 e. The lowest BCUT2D eigenvalue weighted by molar-refractivity contribution is 0.265. The molecule has 31 heavy (non-hydrogen) atoms. The van der Waals surface area contributed by atoms with Gasteiger partial charge in [0.05, 0.1) is 40.7 Å². The number of aromatic hydroxyl groups is 1. The van der Waals surface area contributed by atoms with E-state index < -0.39 is 10.0 Å². The van der Waals surface area contributed by atoms with Crippen molar-refractivity contribution in [2.75, 3.05) is 41.2 Å². The van der Waals surface area contributed by atoms with E-state index in [0.29, 0.717) is 35.8 Å². The number of phenolic OH excluding ortho intramolecular Hbond substituents is 1. The molecule has 1 aliphatic heterocycles. The van der Waals surface area contributed by atoms with Crippen LogP contribution in [0.25, 0.3) is 0 Å². The Balaban J connectivity index is 2.07. The summed E-state index contributed by atoms with van der Waals surface area (Å²) in [6.07, 6.45) is 2.38. The number of hydrogen-bond acceptors (Lipinski definition) is 7. The SMILES string of the molecule is COc1cc2c(cc1O)[C@@H]1CCc3cc(OC)c(OC)c(OC)c3[C@H]2CN1S(C)(=O)=O. The van der Waals surface area contributed by atoms with Crippen LogP contribution < -0.4 is 18.9 Å². The summed E-state index contributed by atoms with van der Waals surface area (Å²) >= 11 is 0. The number of sulfonamides is 1. The summed E-state index contributed by atoms with van der Waals surface area (Å²) in [5.74, 6) is 1.55. The van der Waals surface area contributed by atoms with Crippen LogP contribution in [-0.4, -0.2) is 59.1 Å². The summed E-state index contributed by atoms with van der Waals surface area (Å²) in [6, 6.07) is 4.99. The van der Waals surface area contributed by atoms with Gasteiger partial charge in [-0.25, -0.2) is 8.42 Å². The summed E-state index contributed by atoms with van der Waals surface area (Å²) < 4.78 is 49.2. The quantitative estimate of drug-likeness (QED) is 0.750. The zero-order chi connectivity index (χ0) is 22.5. The lowest BCUT2D eigenvalue weighted by atomic mass is 9.75. The fraction of sp³-hybridized carbons (Fsp3) is 0.455. The molecular formula is C22H27NO7S. The average Bonchev–Trinajstić information content (AvgIpc) is 2.72. The lowest BCUT2D eigenvalue weighted by Gasteiger charge is -2.43. The third kappa shape index (κ3) is 3.36. The number of nitrogens with zero attached hydrogens (tertiary/aromatic N) is 1. The van der Waals surface area contributed by atoms with Crippen LogP contribution in [0.1, 0.15) is 40.6 Å². The van der Waals surface area contributed by atoms with Crippen molar-refractivity contribution in [3.63, 3.8) is 0 Å².